The smallest absolute Gasteiger partial charge is 0.253 e. The molecular weight excluding hydrogens is 252 g/mol. The number of hydrogen-bond donors (Lipinski definition) is 3. The number of rotatable bonds is 5. The quantitative estimate of drug-likeness (QED) is 0.576. The molecular formula is C15H20N4O. The average Bonchev–Trinajstić information content (AvgIpc) is 2.45. The van der Waals surface area contributed by atoms with Gasteiger partial charge in [0, 0.05) is 18.1 Å². The summed E-state index contributed by atoms with van der Waals surface area (Å²) in [6.07, 6.45) is 2.52. The number of aromatic nitrogens is 1. The number of nitrogens with one attached hydrogen (secondary N) is 2. The van der Waals surface area contributed by atoms with Crippen LogP contribution >= 0.6 is 0 Å². The molecule has 4 N–H and O–H groups in total. The Morgan fingerprint density at radius 3 is 2.65 bits per heavy atom. The number of nitrogens with zero attached hydrogens (tertiary/aromatic N) is 1. The van der Waals surface area contributed by atoms with Crippen LogP contribution in [-0.4, -0.2) is 17.4 Å². The van der Waals surface area contributed by atoms with E-state index in [2.05, 4.69) is 29.6 Å². The van der Waals surface area contributed by atoms with E-state index in [0.717, 1.165) is 17.2 Å². The van der Waals surface area contributed by atoms with Gasteiger partial charge in [0.05, 0.1) is 5.56 Å². The van der Waals surface area contributed by atoms with Crippen molar-refractivity contribution < 1.29 is 4.79 Å². The number of hydrazine groups is 1. The zero-order valence-electron chi connectivity index (χ0n) is 11.8. The third-order valence-electron chi connectivity index (χ3n) is 3.18. The SMILES string of the molecule is CC(C)CCNC(=O)c1cnc(NN)c2ccccc12. The summed E-state index contributed by atoms with van der Waals surface area (Å²) in [5.74, 6) is 6.48. The molecule has 1 heterocycles. The fourth-order valence-electron chi connectivity index (χ4n) is 2.06. The van der Waals surface area contributed by atoms with Crippen molar-refractivity contribution in [3.8, 4) is 0 Å². The summed E-state index contributed by atoms with van der Waals surface area (Å²) in [6, 6.07) is 7.58. The summed E-state index contributed by atoms with van der Waals surface area (Å²) in [7, 11) is 0. The van der Waals surface area contributed by atoms with Gasteiger partial charge >= 0.3 is 0 Å². The van der Waals surface area contributed by atoms with Crippen LogP contribution in [0.15, 0.2) is 30.5 Å². The summed E-state index contributed by atoms with van der Waals surface area (Å²) in [4.78, 5) is 16.4. The number of nitrogens with two attached hydrogens (primary N) is 1. The minimum atomic E-state index is -0.0991. The van der Waals surface area contributed by atoms with Crippen LogP contribution in [0.2, 0.25) is 0 Å². The van der Waals surface area contributed by atoms with E-state index in [4.69, 9.17) is 5.84 Å². The van der Waals surface area contributed by atoms with Gasteiger partial charge in [0.25, 0.3) is 5.91 Å². The first-order chi connectivity index (χ1) is 9.63. The summed E-state index contributed by atoms with van der Waals surface area (Å²) < 4.78 is 0. The van der Waals surface area contributed by atoms with Crippen molar-refractivity contribution in [2.45, 2.75) is 20.3 Å². The van der Waals surface area contributed by atoms with E-state index in [1.165, 1.54) is 0 Å². The fourth-order valence-corrected chi connectivity index (χ4v) is 2.06. The van der Waals surface area contributed by atoms with Gasteiger partial charge in [-0.05, 0) is 17.7 Å². The van der Waals surface area contributed by atoms with Gasteiger partial charge < -0.3 is 10.7 Å². The zero-order valence-corrected chi connectivity index (χ0v) is 11.8. The van der Waals surface area contributed by atoms with Gasteiger partial charge in [-0.3, -0.25) is 4.79 Å². The summed E-state index contributed by atoms with van der Waals surface area (Å²) in [5.41, 5.74) is 3.12. The maximum Gasteiger partial charge on any atom is 0.253 e. The maximum atomic E-state index is 12.2. The van der Waals surface area contributed by atoms with Crippen molar-refractivity contribution in [3.63, 3.8) is 0 Å². The van der Waals surface area contributed by atoms with Crippen LogP contribution in [0.25, 0.3) is 10.8 Å². The molecule has 0 spiro atoms. The third kappa shape index (κ3) is 3.05. The van der Waals surface area contributed by atoms with E-state index < -0.39 is 0 Å². The minimum Gasteiger partial charge on any atom is -0.352 e. The van der Waals surface area contributed by atoms with Gasteiger partial charge in [0.15, 0.2) is 0 Å². The molecule has 20 heavy (non-hydrogen) atoms. The van der Waals surface area contributed by atoms with Crippen LogP contribution in [0, 0.1) is 5.92 Å². The molecule has 2 aromatic rings. The lowest BCUT2D eigenvalue weighted by Crippen LogP contribution is -2.25. The van der Waals surface area contributed by atoms with Gasteiger partial charge in [-0.25, -0.2) is 10.8 Å². The molecule has 0 saturated carbocycles. The van der Waals surface area contributed by atoms with E-state index >= 15 is 0 Å². The van der Waals surface area contributed by atoms with Crippen LogP contribution in [-0.2, 0) is 0 Å². The Morgan fingerprint density at radius 2 is 2.00 bits per heavy atom. The Kier molecular flexibility index (Phi) is 4.53. The number of hydrogen-bond acceptors (Lipinski definition) is 4. The van der Waals surface area contributed by atoms with Crippen molar-refractivity contribution in [1.82, 2.24) is 10.3 Å². The lowest BCUT2D eigenvalue weighted by Gasteiger charge is -2.11. The van der Waals surface area contributed by atoms with E-state index in [1.807, 2.05) is 24.3 Å². The normalized spacial score (nSPS) is 10.8. The molecule has 0 aliphatic rings. The van der Waals surface area contributed by atoms with Gasteiger partial charge in [0.2, 0.25) is 0 Å². The van der Waals surface area contributed by atoms with Gasteiger partial charge in [-0.15, -0.1) is 0 Å². The highest BCUT2D eigenvalue weighted by atomic mass is 16.1. The molecule has 0 bridgehead atoms. The first-order valence-corrected chi connectivity index (χ1v) is 6.76. The van der Waals surface area contributed by atoms with Crippen LogP contribution in [0.4, 0.5) is 5.82 Å². The summed E-state index contributed by atoms with van der Waals surface area (Å²) >= 11 is 0. The summed E-state index contributed by atoms with van der Waals surface area (Å²) in [5, 5.41) is 4.61. The van der Waals surface area contributed by atoms with Crippen molar-refractivity contribution in [3.05, 3.63) is 36.0 Å². The van der Waals surface area contributed by atoms with Crippen molar-refractivity contribution in [2.24, 2.45) is 11.8 Å². The van der Waals surface area contributed by atoms with E-state index in [-0.39, 0.29) is 5.91 Å². The standard InChI is InChI=1S/C15H20N4O/c1-10(2)7-8-17-15(20)13-9-18-14(19-16)12-6-4-3-5-11(12)13/h3-6,9-10H,7-8,16H2,1-2H3,(H,17,20)(H,18,19). The second-order valence-corrected chi connectivity index (χ2v) is 5.15. The summed E-state index contributed by atoms with van der Waals surface area (Å²) in [6.45, 7) is 4.93. The van der Waals surface area contributed by atoms with Gasteiger partial charge in [-0.2, -0.15) is 0 Å². The predicted molar refractivity (Wildman–Crippen MR) is 81.3 cm³/mol. The van der Waals surface area contributed by atoms with Crippen molar-refractivity contribution >= 4 is 22.5 Å². The van der Waals surface area contributed by atoms with E-state index in [1.54, 1.807) is 6.20 Å². The number of anilines is 1. The highest BCUT2D eigenvalue weighted by Crippen LogP contribution is 2.23. The number of fused-ring (bicyclic) bond motifs is 1. The molecule has 0 atom stereocenters. The highest BCUT2D eigenvalue weighted by molar-refractivity contribution is 6.09. The lowest BCUT2D eigenvalue weighted by molar-refractivity contribution is 0.0953. The molecule has 5 nitrogen and oxygen atoms in total. The molecule has 2 rings (SSSR count). The van der Waals surface area contributed by atoms with Crippen molar-refractivity contribution in [2.75, 3.05) is 12.0 Å². The third-order valence-corrected chi connectivity index (χ3v) is 3.18. The maximum absolute atomic E-state index is 12.2. The molecule has 1 amide bonds. The van der Waals surface area contributed by atoms with Gasteiger partial charge in [0.1, 0.15) is 5.82 Å². The molecule has 0 radical (unpaired) electrons. The molecule has 106 valence electrons. The Balaban J connectivity index is 2.28. The Morgan fingerprint density at radius 1 is 1.30 bits per heavy atom. The second-order valence-electron chi connectivity index (χ2n) is 5.15. The molecule has 5 heteroatoms. The first kappa shape index (κ1) is 14.3. The van der Waals surface area contributed by atoms with Crippen LogP contribution < -0.4 is 16.6 Å². The largest absolute Gasteiger partial charge is 0.352 e. The number of carbonyl (C=O) groups excluding carboxylic acids is 1. The van der Waals surface area contributed by atoms with E-state index in [9.17, 15) is 4.79 Å². The number of pyridine rings is 1. The Bertz CT molecular complexity index is 610. The van der Waals surface area contributed by atoms with Crippen molar-refractivity contribution in [1.29, 1.82) is 0 Å². The van der Waals surface area contributed by atoms with Crippen LogP contribution in [0.5, 0.6) is 0 Å². The molecule has 0 fully saturated rings. The number of amides is 1. The molecule has 0 saturated heterocycles. The number of carbonyl (C=O) groups is 1. The second kappa shape index (κ2) is 6.34. The molecule has 1 aromatic heterocycles. The molecule has 0 unspecified atom stereocenters. The van der Waals surface area contributed by atoms with E-state index in [0.29, 0.717) is 23.8 Å². The van der Waals surface area contributed by atoms with Crippen LogP contribution in [0.3, 0.4) is 0 Å². The monoisotopic (exact) mass is 272 g/mol. The zero-order chi connectivity index (χ0) is 14.5. The topological polar surface area (TPSA) is 80.0 Å². The number of nitrogen functional groups attached to an aromatic ring is 1. The predicted octanol–water partition coefficient (Wildman–Crippen LogP) is 2.30. The molecule has 1 aromatic carbocycles. The minimum absolute atomic E-state index is 0.0991. The lowest BCUT2D eigenvalue weighted by atomic mass is 10.1. The average molecular weight is 272 g/mol. The Hall–Kier alpha value is -2.14. The van der Waals surface area contributed by atoms with Crippen LogP contribution in [0.1, 0.15) is 30.6 Å². The first-order valence-electron chi connectivity index (χ1n) is 6.76. The number of benzene rings is 1. The van der Waals surface area contributed by atoms with Gasteiger partial charge in [-0.1, -0.05) is 38.1 Å². The molecule has 0 aliphatic heterocycles. The Labute approximate surface area is 118 Å². The molecule has 0 aliphatic carbocycles. The highest BCUT2D eigenvalue weighted by Gasteiger charge is 2.12. The fraction of sp³-hybridized carbons (Fsp3) is 0.333.